The third kappa shape index (κ3) is 3.08. The van der Waals surface area contributed by atoms with E-state index in [0.29, 0.717) is 12.2 Å². The normalized spacial score (nSPS) is 12.2. The minimum atomic E-state index is -0.403. The molecule has 2 aromatic rings. The Balaban J connectivity index is 2.08. The van der Waals surface area contributed by atoms with Crippen molar-refractivity contribution in [2.75, 3.05) is 0 Å². The number of ether oxygens (including phenoxy) is 1. The van der Waals surface area contributed by atoms with Gasteiger partial charge in [-0.15, -0.1) is 0 Å². The fourth-order valence-corrected chi connectivity index (χ4v) is 1.64. The smallest absolute Gasteiger partial charge is 0.145 e. The second-order valence-electron chi connectivity index (χ2n) is 4.23. The van der Waals surface area contributed by atoms with Crippen molar-refractivity contribution in [3.63, 3.8) is 0 Å². The number of hydrogen-bond acceptors (Lipinski definition) is 3. The highest BCUT2D eigenvalue weighted by molar-refractivity contribution is 5.32. The third-order valence-corrected chi connectivity index (χ3v) is 2.77. The number of pyridine rings is 1. The molecule has 0 unspecified atom stereocenters. The summed E-state index contributed by atoms with van der Waals surface area (Å²) >= 11 is 0. The maximum Gasteiger partial charge on any atom is 0.145 e. The van der Waals surface area contributed by atoms with Gasteiger partial charge in [0.2, 0.25) is 0 Å². The number of aliphatic hydroxyl groups excluding tert-OH is 1. The second kappa shape index (κ2) is 5.65. The number of aliphatic hydroxyl groups is 1. The van der Waals surface area contributed by atoms with E-state index < -0.39 is 6.10 Å². The average molecular weight is 243 g/mol. The van der Waals surface area contributed by atoms with Crippen LogP contribution in [0.15, 0.2) is 42.6 Å². The molecule has 3 nitrogen and oxygen atoms in total. The molecule has 0 fully saturated rings. The summed E-state index contributed by atoms with van der Waals surface area (Å²) in [6.07, 6.45) is 2.01. The Kier molecular flexibility index (Phi) is 3.95. The summed E-state index contributed by atoms with van der Waals surface area (Å²) in [4.78, 5) is 4.17. The van der Waals surface area contributed by atoms with Crippen LogP contribution in [0.2, 0.25) is 0 Å². The van der Waals surface area contributed by atoms with Crippen LogP contribution in [0.5, 0.6) is 11.5 Å². The molecule has 94 valence electrons. The number of benzene rings is 1. The van der Waals surface area contributed by atoms with Crippen molar-refractivity contribution in [2.24, 2.45) is 0 Å². The Bertz CT molecular complexity index is 491. The van der Waals surface area contributed by atoms with Gasteiger partial charge in [-0.1, -0.05) is 19.1 Å². The Morgan fingerprint density at radius 2 is 1.78 bits per heavy atom. The molecule has 0 aliphatic rings. The zero-order valence-electron chi connectivity index (χ0n) is 10.6. The lowest BCUT2D eigenvalue weighted by atomic mass is 10.1. The summed E-state index contributed by atoms with van der Waals surface area (Å²) < 4.78 is 5.66. The van der Waals surface area contributed by atoms with E-state index in [2.05, 4.69) is 4.98 Å². The topological polar surface area (TPSA) is 42.4 Å². The van der Waals surface area contributed by atoms with Crippen molar-refractivity contribution >= 4 is 0 Å². The van der Waals surface area contributed by atoms with Crippen molar-refractivity contribution < 1.29 is 9.84 Å². The molecule has 18 heavy (non-hydrogen) atoms. The second-order valence-corrected chi connectivity index (χ2v) is 4.23. The zero-order valence-corrected chi connectivity index (χ0v) is 10.6. The quantitative estimate of drug-likeness (QED) is 0.891. The Morgan fingerprint density at radius 1 is 1.11 bits per heavy atom. The molecule has 0 radical (unpaired) electrons. The van der Waals surface area contributed by atoms with Crippen molar-refractivity contribution in [3.8, 4) is 11.5 Å². The van der Waals surface area contributed by atoms with Crippen molar-refractivity contribution in [1.82, 2.24) is 4.98 Å². The maximum absolute atomic E-state index is 9.69. The molecule has 0 saturated carbocycles. The predicted molar refractivity (Wildman–Crippen MR) is 70.7 cm³/mol. The Labute approximate surface area is 107 Å². The van der Waals surface area contributed by atoms with Crippen molar-refractivity contribution in [1.29, 1.82) is 0 Å². The van der Waals surface area contributed by atoms with E-state index in [1.807, 2.05) is 50.2 Å². The molecule has 1 aromatic heterocycles. The van der Waals surface area contributed by atoms with Gasteiger partial charge in [0.1, 0.15) is 11.5 Å². The van der Waals surface area contributed by atoms with Gasteiger partial charge in [0.25, 0.3) is 0 Å². The monoisotopic (exact) mass is 243 g/mol. The first kappa shape index (κ1) is 12.6. The van der Waals surface area contributed by atoms with Gasteiger partial charge in [-0.05, 0) is 43.2 Å². The average Bonchev–Trinajstić information content (AvgIpc) is 2.41. The number of aryl methyl sites for hydroxylation is 1. The van der Waals surface area contributed by atoms with Gasteiger partial charge in [-0.3, -0.25) is 4.98 Å². The molecule has 0 amide bonds. The first-order valence-electron chi connectivity index (χ1n) is 6.07. The van der Waals surface area contributed by atoms with Gasteiger partial charge in [0.15, 0.2) is 0 Å². The minimum absolute atomic E-state index is 0.403. The van der Waals surface area contributed by atoms with E-state index in [1.165, 1.54) is 0 Å². The van der Waals surface area contributed by atoms with Crippen LogP contribution in [-0.4, -0.2) is 10.1 Å². The standard InChI is InChI=1S/C15H17NO2/c1-3-15(17)12-5-8-13(9-6-12)18-14-7-4-11(2)16-10-14/h4-10,15,17H,3H2,1-2H3/t15-/m1/s1. The Hall–Kier alpha value is -1.87. The number of nitrogens with zero attached hydrogens (tertiary/aromatic N) is 1. The highest BCUT2D eigenvalue weighted by Crippen LogP contribution is 2.23. The van der Waals surface area contributed by atoms with Gasteiger partial charge in [-0.25, -0.2) is 0 Å². The van der Waals surface area contributed by atoms with E-state index in [0.717, 1.165) is 17.0 Å². The maximum atomic E-state index is 9.69. The molecule has 0 saturated heterocycles. The first-order valence-corrected chi connectivity index (χ1v) is 6.07. The summed E-state index contributed by atoms with van der Waals surface area (Å²) in [5, 5.41) is 9.69. The lowest BCUT2D eigenvalue weighted by Crippen LogP contribution is -1.94. The molecular weight excluding hydrogens is 226 g/mol. The lowest BCUT2D eigenvalue weighted by Gasteiger charge is -2.09. The van der Waals surface area contributed by atoms with Gasteiger partial charge in [-0.2, -0.15) is 0 Å². The summed E-state index contributed by atoms with van der Waals surface area (Å²) in [5.41, 5.74) is 1.87. The fourth-order valence-electron chi connectivity index (χ4n) is 1.64. The highest BCUT2D eigenvalue weighted by atomic mass is 16.5. The Morgan fingerprint density at radius 3 is 2.33 bits per heavy atom. The van der Waals surface area contributed by atoms with Crippen LogP contribution in [-0.2, 0) is 0 Å². The first-order chi connectivity index (χ1) is 8.69. The van der Waals surface area contributed by atoms with Gasteiger partial charge in [0.05, 0.1) is 12.3 Å². The van der Waals surface area contributed by atoms with Crippen LogP contribution in [0.1, 0.15) is 30.7 Å². The van der Waals surface area contributed by atoms with Gasteiger partial charge >= 0.3 is 0 Å². The van der Waals surface area contributed by atoms with Crippen molar-refractivity contribution in [2.45, 2.75) is 26.4 Å². The van der Waals surface area contributed by atoms with Gasteiger partial charge in [0, 0.05) is 5.69 Å². The molecule has 0 spiro atoms. The zero-order chi connectivity index (χ0) is 13.0. The fraction of sp³-hybridized carbons (Fsp3) is 0.267. The van der Waals surface area contributed by atoms with Crippen LogP contribution < -0.4 is 4.74 Å². The molecule has 1 aromatic carbocycles. The van der Waals surface area contributed by atoms with Crippen LogP contribution in [0.25, 0.3) is 0 Å². The molecule has 0 aliphatic carbocycles. The molecule has 0 aliphatic heterocycles. The van der Waals surface area contributed by atoms with E-state index in [4.69, 9.17) is 4.74 Å². The molecule has 2 rings (SSSR count). The van der Waals surface area contributed by atoms with E-state index in [-0.39, 0.29) is 0 Å². The van der Waals surface area contributed by atoms with E-state index in [1.54, 1.807) is 6.20 Å². The van der Waals surface area contributed by atoms with E-state index >= 15 is 0 Å². The van der Waals surface area contributed by atoms with Crippen LogP contribution >= 0.6 is 0 Å². The highest BCUT2D eigenvalue weighted by Gasteiger charge is 2.04. The number of rotatable bonds is 4. The molecule has 1 atom stereocenters. The summed E-state index contributed by atoms with van der Waals surface area (Å²) in [6.45, 7) is 3.89. The molecule has 1 N–H and O–H groups in total. The molecule has 3 heteroatoms. The molecule has 1 heterocycles. The molecular formula is C15H17NO2. The van der Waals surface area contributed by atoms with Crippen LogP contribution in [0.3, 0.4) is 0 Å². The molecule has 0 bridgehead atoms. The number of aromatic nitrogens is 1. The summed E-state index contributed by atoms with van der Waals surface area (Å²) in [7, 11) is 0. The van der Waals surface area contributed by atoms with Gasteiger partial charge < -0.3 is 9.84 Å². The summed E-state index contributed by atoms with van der Waals surface area (Å²) in [6, 6.07) is 11.3. The van der Waals surface area contributed by atoms with Crippen LogP contribution in [0, 0.1) is 6.92 Å². The van der Waals surface area contributed by atoms with Crippen molar-refractivity contribution in [3.05, 3.63) is 53.9 Å². The summed E-state index contributed by atoms with van der Waals surface area (Å²) in [5.74, 6) is 1.46. The van der Waals surface area contributed by atoms with Crippen LogP contribution in [0.4, 0.5) is 0 Å². The lowest BCUT2D eigenvalue weighted by molar-refractivity contribution is 0.173. The third-order valence-electron chi connectivity index (χ3n) is 2.77. The SMILES string of the molecule is CC[C@@H](O)c1ccc(Oc2ccc(C)nc2)cc1. The predicted octanol–water partition coefficient (Wildman–Crippen LogP) is 3.63. The number of hydrogen-bond donors (Lipinski definition) is 1. The largest absolute Gasteiger partial charge is 0.456 e. The minimum Gasteiger partial charge on any atom is -0.456 e. The van der Waals surface area contributed by atoms with E-state index in [9.17, 15) is 5.11 Å².